The minimum Gasteiger partial charge on any atom is -0.465 e. The van der Waals surface area contributed by atoms with Crippen molar-refractivity contribution in [1.82, 2.24) is 9.80 Å². The molecule has 0 aromatic heterocycles. The van der Waals surface area contributed by atoms with Crippen molar-refractivity contribution in [1.29, 1.82) is 0 Å². The smallest absolute Gasteiger partial charge is 0.310 e. The van der Waals surface area contributed by atoms with E-state index in [0.717, 1.165) is 44.9 Å². The van der Waals surface area contributed by atoms with Crippen LogP contribution in [0.4, 0.5) is 0 Å². The molecule has 7 nitrogen and oxygen atoms in total. The number of hydrogen-bond acceptors (Lipinski definition) is 6. The summed E-state index contributed by atoms with van der Waals surface area (Å²) < 4.78 is 4.98. The molecule has 1 aliphatic carbocycles. The zero-order chi connectivity index (χ0) is 25.9. The molecule has 4 fully saturated rings. The molecular formula is C28H42N2O5S. The third kappa shape index (κ3) is 4.64. The summed E-state index contributed by atoms with van der Waals surface area (Å²) >= 11 is 1.66. The van der Waals surface area contributed by atoms with E-state index in [9.17, 15) is 19.5 Å². The van der Waals surface area contributed by atoms with Crippen LogP contribution in [0.5, 0.6) is 0 Å². The number of unbranched alkanes of at least 4 members (excludes halogenated alkanes) is 1. The van der Waals surface area contributed by atoms with Crippen LogP contribution in [0.2, 0.25) is 0 Å². The molecule has 3 heterocycles. The fraction of sp³-hybridized carbons (Fsp3) is 0.750. The van der Waals surface area contributed by atoms with Gasteiger partial charge in [-0.3, -0.25) is 14.4 Å². The molecular weight excluding hydrogens is 476 g/mol. The maximum absolute atomic E-state index is 14.4. The summed E-state index contributed by atoms with van der Waals surface area (Å²) in [6, 6.07) is -0.991. The number of aliphatic hydroxyl groups excluding tert-OH is 1. The third-order valence-electron chi connectivity index (χ3n) is 8.74. The second-order valence-corrected chi connectivity index (χ2v) is 12.3. The van der Waals surface area contributed by atoms with Crippen LogP contribution in [0, 0.1) is 11.8 Å². The average Bonchev–Trinajstić information content (AvgIpc) is 3.54. The molecule has 8 heteroatoms. The molecule has 2 unspecified atom stereocenters. The van der Waals surface area contributed by atoms with E-state index in [2.05, 4.69) is 13.2 Å². The van der Waals surface area contributed by atoms with Crippen molar-refractivity contribution in [2.24, 2.45) is 11.8 Å². The quantitative estimate of drug-likeness (QED) is 0.241. The number of hydrogen-bond donors (Lipinski definition) is 1. The highest BCUT2D eigenvalue weighted by molar-refractivity contribution is 8.02. The number of aliphatic hydroxyl groups is 1. The SMILES string of the molecule is C=CCCCOC(=O)[C@@H]1[C@@H]2CCC3(S2)C(C(=O)N(CC=C)C2CCCCC2)N([C@@H](CC)CO)C(=O)[C@H]13. The minimum atomic E-state index is -0.678. The van der Waals surface area contributed by atoms with E-state index in [0.29, 0.717) is 26.0 Å². The Hall–Kier alpha value is -1.80. The lowest BCUT2D eigenvalue weighted by molar-refractivity contribution is -0.154. The first-order chi connectivity index (χ1) is 17.4. The topological polar surface area (TPSA) is 87.2 Å². The number of amides is 2. The van der Waals surface area contributed by atoms with E-state index in [1.807, 2.05) is 11.8 Å². The summed E-state index contributed by atoms with van der Waals surface area (Å²) in [6.45, 7) is 10.1. The number of likely N-dealkylation sites (tertiary alicyclic amines) is 1. The molecule has 2 amide bonds. The molecule has 4 rings (SSSR count). The zero-order valence-corrected chi connectivity index (χ0v) is 22.4. The second kappa shape index (κ2) is 11.7. The summed E-state index contributed by atoms with van der Waals surface area (Å²) in [6.07, 6.45) is 12.4. The fourth-order valence-corrected chi connectivity index (χ4v) is 9.24. The highest BCUT2D eigenvalue weighted by Gasteiger charge is 2.74. The lowest BCUT2D eigenvalue weighted by Crippen LogP contribution is -2.59. The molecule has 200 valence electrons. The maximum Gasteiger partial charge on any atom is 0.310 e. The molecule has 4 aliphatic rings. The van der Waals surface area contributed by atoms with Crippen molar-refractivity contribution < 1.29 is 24.2 Å². The molecule has 0 radical (unpaired) electrons. The molecule has 6 atom stereocenters. The minimum absolute atomic E-state index is 0.0138. The average molecular weight is 519 g/mol. The first-order valence-electron chi connectivity index (χ1n) is 13.7. The van der Waals surface area contributed by atoms with E-state index in [1.54, 1.807) is 28.8 Å². The van der Waals surface area contributed by atoms with Gasteiger partial charge in [0, 0.05) is 17.8 Å². The first kappa shape index (κ1) is 27.2. The number of ether oxygens (including phenoxy) is 1. The van der Waals surface area contributed by atoms with Gasteiger partial charge in [0.2, 0.25) is 11.8 Å². The van der Waals surface area contributed by atoms with Crippen LogP contribution in [0.3, 0.4) is 0 Å². The van der Waals surface area contributed by atoms with Gasteiger partial charge in [0.05, 0.1) is 35.8 Å². The Morgan fingerprint density at radius 2 is 2.00 bits per heavy atom. The molecule has 2 bridgehead atoms. The highest BCUT2D eigenvalue weighted by Crippen LogP contribution is 2.67. The monoisotopic (exact) mass is 518 g/mol. The van der Waals surface area contributed by atoms with E-state index in [1.165, 1.54) is 6.42 Å². The van der Waals surface area contributed by atoms with Crippen molar-refractivity contribution in [3.05, 3.63) is 25.3 Å². The largest absolute Gasteiger partial charge is 0.465 e. The number of fused-ring (bicyclic) bond motifs is 1. The highest BCUT2D eigenvalue weighted by atomic mass is 32.2. The van der Waals surface area contributed by atoms with Crippen molar-refractivity contribution in [3.8, 4) is 0 Å². The Labute approximate surface area is 219 Å². The third-order valence-corrected chi connectivity index (χ3v) is 10.7. The van der Waals surface area contributed by atoms with Crippen LogP contribution >= 0.6 is 11.8 Å². The molecule has 3 saturated heterocycles. The standard InChI is InChI=1S/C28H42N2O5S/c1-4-7-11-17-35-27(34)22-21-14-15-28(36-21)23(22)25(32)30(19(6-3)18-31)24(28)26(33)29(16-5-2)20-12-9-8-10-13-20/h4-5,19-24,31H,1-2,6-18H2,3H3/t19-,21-,22+,23-,24?,28?/m0/s1. The molecule has 36 heavy (non-hydrogen) atoms. The van der Waals surface area contributed by atoms with Crippen molar-refractivity contribution >= 4 is 29.5 Å². The van der Waals surface area contributed by atoms with Gasteiger partial charge in [-0.2, -0.15) is 0 Å². The van der Waals surface area contributed by atoms with Gasteiger partial charge in [0.15, 0.2) is 0 Å². The van der Waals surface area contributed by atoms with Gasteiger partial charge in [0.1, 0.15) is 6.04 Å². The first-order valence-corrected chi connectivity index (χ1v) is 14.6. The predicted octanol–water partition coefficient (Wildman–Crippen LogP) is 3.71. The van der Waals surface area contributed by atoms with Crippen LogP contribution in [0.1, 0.15) is 71.1 Å². The normalized spacial score (nSPS) is 32.3. The van der Waals surface area contributed by atoms with Gasteiger partial charge in [-0.25, -0.2) is 0 Å². The molecule has 1 spiro atoms. The van der Waals surface area contributed by atoms with Crippen molar-refractivity contribution in [2.45, 2.75) is 99.3 Å². The van der Waals surface area contributed by atoms with Crippen LogP contribution < -0.4 is 0 Å². The Morgan fingerprint density at radius 3 is 2.64 bits per heavy atom. The molecule has 3 aliphatic heterocycles. The van der Waals surface area contributed by atoms with Gasteiger partial charge in [-0.1, -0.05) is 38.3 Å². The maximum atomic E-state index is 14.4. The summed E-state index contributed by atoms with van der Waals surface area (Å²) in [5.41, 5.74) is 0. The number of nitrogens with zero attached hydrogens (tertiary/aromatic N) is 2. The second-order valence-electron chi connectivity index (χ2n) is 10.7. The zero-order valence-electron chi connectivity index (χ0n) is 21.6. The van der Waals surface area contributed by atoms with Gasteiger partial charge in [-0.05, 0) is 44.9 Å². The summed E-state index contributed by atoms with van der Waals surface area (Å²) in [5.74, 6) is -1.66. The van der Waals surface area contributed by atoms with E-state index in [-0.39, 0.29) is 35.7 Å². The number of thioether (sulfide) groups is 1. The van der Waals surface area contributed by atoms with Gasteiger partial charge in [0.25, 0.3) is 0 Å². The lowest BCUT2D eigenvalue weighted by Gasteiger charge is -2.42. The molecule has 1 saturated carbocycles. The fourth-order valence-electron chi connectivity index (χ4n) is 7.05. The molecule has 1 N–H and O–H groups in total. The van der Waals surface area contributed by atoms with Gasteiger partial charge < -0.3 is 19.6 Å². The van der Waals surface area contributed by atoms with E-state index >= 15 is 0 Å². The van der Waals surface area contributed by atoms with Crippen molar-refractivity contribution in [3.63, 3.8) is 0 Å². The Balaban J connectivity index is 1.68. The number of carbonyl (C=O) groups is 3. The number of allylic oxidation sites excluding steroid dienone is 1. The Bertz CT molecular complexity index is 855. The lowest BCUT2D eigenvalue weighted by atomic mass is 9.71. The van der Waals surface area contributed by atoms with Crippen LogP contribution in [0.15, 0.2) is 25.3 Å². The van der Waals surface area contributed by atoms with E-state index in [4.69, 9.17) is 4.74 Å². The predicted molar refractivity (Wildman–Crippen MR) is 141 cm³/mol. The number of carbonyl (C=O) groups excluding carboxylic acids is 3. The summed E-state index contributed by atoms with van der Waals surface area (Å²) in [5, 5.41) is 10.2. The van der Waals surface area contributed by atoms with Crippen molar-refractivity contribution in [2.75, 3.05) is 19.8 Å². The summed E-state index contributed by atoms with van der Waals surface area (Å²) in [7, 11) is 0. The van der Waals surface area contributed by atoms with Crippen LogP contribution in [-0.2, 0) is 19.1 Å². The Morgan fingerprint density at radius 1 is 1.25 bits per heavy atom. The molecule has 0 aromatic rings. The molecule has 0 aromatic carbocycles. The number of rotatable bonds is 12. The number of esters is 1. The van der Waals surface area contributed by atoms with Crippen LogP contribution in [0.25, 0.3) is 0 Å². The van der Waals surface area contributed by atoms with Gasteiger partial charge >= 0.3 is 5.97 Å². The van der Waals surface area contributed by atoms with Gasteiger partial charge in [-0.15, -0.1) is 24.9 Å². The Kier molecular flexibility index (Phi) is 8.87. The van der Waals surface area contributed by atoms with E-state index < -0.39 is 28.7 Å². The summed E-state index contributed by atoms with van der Waals surface area (Å²) in [4.78, 5) is 45.4. The van der Waals surface area contributed by atoms with Crippen LogP contribution in [-0.4, -0.2) is 80.6 Å².